The number of carbonyl (C=O) groups excluding carboxylic acids is 1. The molecule has 0 aliphatic carbocycles. The molecule has 0 saturated carbocycles. The summed E-state index contributed by atoms with van der Waals surface area (Å²) in [5.74, 6) is 0.0723. The van der Waals surface area contributed by atoms with E-state index in [2.05, 4.69) is 48.5 Å². The SMILES string of the molecule is Cc1nn(-c2ccccc2)c(C)c1C[NH+](C)CC(=O)NCCc1c[nH]c2ccccc12. The molecule has 3 N–H and O–H groups in total. The predicted octanol–water partition coefficient (Wildman–Crippen LogP) is 2.34. The van der Waals surface area contributed by atoms with Crippen LogP contribution >= 0.6 is 0 Å². The van der Waals surface area contributed by atoms with Gasteiger partial charge in [0, 0.05) is 23.6 Å². The molecule has 0 aliphatic rings. The summed E-state index contributed by atoms with van der Waals surface area (Å²) in [6.45, 7) is 5.97. The largest absolute Gasteiger partial charge is 0.361 e. The number of hydrogen-bond acceptors (Lipinski definition) is 2. The molecule has 2 aromatic heterocycles. The second-order valence-electron chi connectivity index (χ2n) is 8.17. The average Bonchev–Trinajstić information content (AvgIpc) is 3.30. The van der Waals surface area contributed by atoms with Gasteiger partial charge >= 0.3 is 0 Å². The third-order valence-electron chi connectivity index (χ3n) is 5.77. The fraction of sp³-hybridized carbons (Fsp3) is 0.280. The van der Waals surface area contributed by atoms with E-state index in [0.29, 0.717) is 13.1 Å². The van der Waals surface area contributed by atoms with E-state index >= 15 is 0 Å². The summed E-state index contributed by atoms with van der Waals surface area (Å²) < 4.78 is 1.99. The molecule has 6 nitrogen and oxygen atoms in total. The monoisotopic (exact) mass is 416 g/mol. The fourth-order valence-corrected chi connectivity index (χ4v) is 4.13. The Morgan fingerprint density at radius 2 is 1.84 bits per heavy atom. The standard InChI is InChI=1S/C25H29N5O/c1-18-23(19(2)30(28-18)21-9-5-4-6-10-21)16-29(3)17-25(31)26-14-13-20-15-27-24-12-8-7-11-22(20)24/h4-12,15,27H,13-14,16-17H2,1-3H3,(H,26,31)/p+1. The number of H-pyrrole nitrogens is 1. The highest BCUT2D eigenvalue weighted by Gasteiger charge is 2.18. The Kier molecular flexibility index (Phi) is 6.18. The maximum Gasteiger partial charge on any atom is 0.275 e. The quantitative estimate of drug-likeness (QED) is 0.413. The summed E-state index contributed by atoms with van der Waals surface area (Å²) in [4.78, 5) is 16.9. The van der Waals surface area contributed by atoms with Crippen LogP contribution in [-0.4, -0.2) is 40.8 Å². The number of aromatic nitrogens is 3. The Morgan fingerprint density at radius 3 is 2.65 bits per heavy atom. The van der Waals surface area contributed by atoms with Gasteiger partial charge in [-0.2, -0.15) is 5.10 Å². The summed E-state index contributed by atoms with van der Waals surface area (Å²) in [6.07, 6.45) is 2.85. The zero-order valence-electron chi connectivity index (χ0n) is 18.4. The molecular weight excluding hydrogens is 386 g/mol. The molecular formula is C25H30N5O+. The Balaban J connectivity index is 1.31. The maximum absolute atomic E-state index is 12.5. The molecule has 160 valence electrons. The molecule has 0 aliphatic heterocycles. The van der Waals surface area contributed by atoms with Crippen LogP contribution in [0, 0.1) is 13.8 Å². The summed E-state index contributed by atoms with van der Waals surface area (Å²) in [5, 5.41) is 9.01. The van der Waals surface area contributed by atoms with Gasteiger partial charge in [0.05, 0.1) is 29.7 Å². The molecule has 31 heavy (non-hydrogen) atoms. The number of rotatable bonds is 8. The van der Waals surface area contributed by atoms with Crippen LogP contribution in [0.1, 0.15) is 22.5 Å². The molecule has 0 fully saturated rings. The number of aromatic amines is 1. The van der Waals surface area contributed by atoms with E-state index in [1.165, 1.54) is 16.5 Å². The van der Waals surface area contributed by atoms with Gasteiger partial charge < -0.3 is 15.2 Å². The summed E-state index contributed by atoms with van der Waals surface area (Å²) in [7, 11) is 2.05. The van der Waals surface area contributed by atoms with Gasteiger partial charge in [0.2, 0.25) is 0 Å². The number of nitrogens with one attached hydrogen (secondary N) is 3. The van der Waals surface area contributed by atoms with Crippen molar-refractivity contribution in [1.82, 2.24) is 20.1 Å². The van der Waals surface area contributed by atoms with Crippen LogP contribution in [0.25, 0.3) is 16.6 Å². The topological polar surface area (TPSA) is 67.2 Å². The van der Waals surface area contributed by atoms with Crippen molar-refractivity contribution < 1.29 is 9.69 Å². The number of amides is 1. The summed E-state index contributed by atoms with van der Waals surface area (Å²) in [5.41, 5.74) is 6.77. The van der Waals surface area contributed by atoms with Gasteiger partial charge in [-0.25, -0.2) is 4.68 Å². The smallest absolute Gasteiger partial charge is 0.275 e. The minimum Gasteiger partial charge on any atom is -0.361 e. The van der Waals surface area contributed by atoms with Crippen LogP contribution < -0.4 is 10.2 Å². The van der Waals surface area contributed by atoms with Gasteiger partial charge in [0.15, 0.2) is 6.54 Å². The number of fused-ring (bicyclic) bond motifs is 1. The van der Waals surface area contributed by atoms with Gasteiger partial charge in [-0.1, -0.05) is 36.4 Å². The Hall–Kier alpha value is -3.38. The zero-order valence-corrected chi connectivity index (χ0v) is 18.4. The predicted molar refractivity (Wildman–Crippen MR) is 124 cm³/mol. The summed E-state index contributed by atoms with van der Waals surface area (Å²) >= 11 is 0. The van der Waals surface area contributed by atoms with Crippen molar-refractivity contribution in [3.05, 3.63) is 83.3 Å². The van der Waals surface area contributed by atoms with E-state index in [4.69, 9.17) is 5.10 Å². The Labute approximate surface area is 182 Å². The first-order valence-corrected chi connectivity index (χ1v) is 10.8. The molecule has 0 radical (unpaired) electrons. The third kappa shape index (κ3) is 4.70. The van der Waals surface area contributed by atoms with E-state index in [-0.39, 0.29) is 5.91 Å². The van der Waals surface area contributed by atoms with Crippen molar-refractivity contribution in [3.8, 4) is 5.69 Å². The zero-order chi connectivity index (χ0) is 21.8. The van der Waals surface area contributed by atoms with Crippen LogP contribution in [0.15, 0.2) is 60.8 Å². The van der Waals surface area contributed by atoms with Gasteiger partial charge in [-0.15, -0.1) is 0 Å². The molecule has 0 bridgehead atoms. The van der Waals surface area contributed by atoms with Gasteiger partial charge in [-0.05, 0) is 44.0 Å². The van der Waals surface area contributed by atoms with E-state index in [9.17, 15) is 4.79 Å². The number of para-hydroxylation sites is 2. The molecule has 6 heteroatoms. The van der Waals surface area contributed by atoms with E-state index in [1.807, 2.05) is 48.1 Å². The lowest BCUT2D eigenvalue weighted by atomic mass is 10.1. The molecule has 4 aromatic rings. The first kappa shape index (κ1) is 20.9. The van der Waals surface area contributed by atoms with Crippen molar-refractivity contribution in [1.29, 1.82) is 0 Å². The summed E-state index contributed by atoms with van der Waals surface area (Å²) in [6, 6.07) is 18.4. The first-order valence-electron chi connectivity index (χ1n) is 10.8. The van der Waals surface area contributed by atoms with Crippen molar-refractivity contribution in [2.75, 3.05) is 20.1 Å². The van der Waals surface area contributed by atoms with Crippen LogP contribution in [0.3, 0.4) is 0 Å². The molecule has 0 saturated heterocycles. The lowest BCUT2D eigenvalue weighted by Gasteiger charge is -2.14. The van der Waals surface area contributed by atoms with Gasteiger partial charge in [0.25, 0.3) is 5.91 Å². The number of nitrogens with zero attached hydrogens (tertiary/aromatic N) is 2. The van der Waals surface area contributed by atoms with Crippen molar-refractivity contribution in [2.24, 2.45) is 0 Å². The van der Waals surface area contributed by atoms with E-state index in [1.54, 1.807) is 0 Å². The number of quaternary nitrogens is 1. The minimum atomic E-state index is 0.0723. The van der Waals surface area contributed by atoms with Gasteiger partial charge in [-0.3, -0.25) is 4.79 Å². The molecule has 1 unspecified atom stereocenters. The molecule has 2 heterocycles. The Bertz CT molecular complexity index is 1180. The molecule has 1 amide bonds. The van der Waals surface area contributed by atoms with Crippen LogP contribution in [0.4, 0.5) is 0 Å². The minimum absolute atomic E-state index is 0.0723. The van der Waals surface area contributed by atoms with Crippen LogP contribution in [0.2, 0.25) is 0 Å². The number of aryl methyl sites for hydroxylation is 1. The number of carbonyl (C=O) groups is 1. The van der Waals surface area contributed by atoms with Gasteiger partial charge in [0.1, 0.15) is 6.54 Å². The van der Waals surface area contributed by atoms with Crippen LogP contribution in [-0.2, 0) is 17.8 Å². The highest BCUT2D eigenvalue weighted by Crippen LogP contribution is 2.18. The number of hydrogen-bond donors (Lipinski definition) is 3. The lowest BCUT2D eigenvalue weighted by molar-refractivity contribution is -0.885. The van der Waals surface area contributed by atoms with Crippen molar-refractivity contribution in [2.45, 2.75) is 26.8 Å². The van der Waals surface area contributed by atoms with Crippen molar-refractivity contribution >= 4 is 16.8 Å². The lowest BCUT2D eigenvalue weighted by Crippen LogP contribution is -3.09. The second kappa shape index (κ2) is 9.18. The number of benzene rings is 2. The third-order valence-corrected chi connectivity index (χ3v) is 5.77. The highest BCUT2D eigenvalue weighted by atomic mass is 16.2. The molecule has 1 atom stereocenters. The van der Waals surface area contributed by atoms with E-state index < -0.39 is 0 Å². The fourth-order valence-electron chi connectivity index (χ4n) is 4.13. The average molecular weight is 417 g/mol. The van der Waals surface area contributed by atoms with Crippen LogP contribution in [0.5, 0.6) is 0 Å². The Morgan fingerprint density at radius 1 is 1.10 bits per heavy atom. The van der Waals surface area contributed by atoms with E-state index in [0.717, 1.165) is 40.5 Å². The molecule has 0 spiro atoms. The molecule has 4 rings (SSSR count). The number of likely N-dealkylation sites (N-methyl/N-ethyl adjacent to an activating group) is 1. The molecule has 2 aromatic carbocycles. The highest BCUT2D eigenvalue weighted by molar-refractivity contribution is 5.83. The first-order chi connectivity index (χ1) is 15.0. The maximum atomic E-state index is 12.5. The normalized spacial score (nSPS) is 12.2. The van der Waals surface area contributed by atoms with Crippen molar-refractivity contribution in [3.63, 3.8) is 0 Å². The second-order valence-corrected chi connectivity index (χ2v) is 8.17.